The predicted octanol–water partition coefficient (Wildman–Crippen LogP) is 1.92. The predicted molar refractivity (Wildman–Crippen MR) is 75.3 cm³/mol. The molecule has 1 aromatic heterocycles. The minimum absolute atomic E-state index is 0.0185. The van der Waals surface area contributed by atoms with Gasteiger partial charge in [-0.3, -0.25) is 9.59 Å². The Labute approximate surface area is 126 Å². The molecular weight excluding hydrogens is 294 g/mol. The normalized spacial score (nSPS) is 11.3. The molecule has 0 spiro atoms. The van der Waals surface area contributed by atoms with Gasteiger partial charge in [0.1, 0.15) is 12.4 Å². The van der Waals surface area contributed by atoms with Crippen molar-refractivity contribution in [1.82, 2.24) is 9.55 Å². The molecule has 122 valence electrons. The average Bonchev–Trinajstić information content (AvgIpc) is 2.90. The van der Waals surface area contributed by atoms with E-state index in [2.05, 4.69) is 4.98 Å². The Morgan fingerprint density at radius 2 is 1.95 bits per heavy atom. The van der Waals surface area contributed by atoms with Gasteiger partial charge in [0, 0.05) is 0 Å². The summed E-state index contributed by atoms with van der Waals surface area (Å²) in [6.45, 7) is 1.92. The van der Waals surface area contributed by atoms with E-state index in [4.69, 9.17) is 10.2 Å². The number of imidazole rings is 1. The Morgan fingerprint density at radius 3 is 2.45 bits per heavy atom. The number of carboxylic acids is 2. The van der Waals surface area contributed by atoms with Gasteiger partial charge in [0.05, 0.1) is 6.54 Å². The molecule has 0 amide bonds. The van der Waals surface area contributed by atoms with Crippen molar-refractivity contribution >= 4 is 17.9 Å². The molecule has 0 radical (unpaired) electrons. The topological polar surface area (TPSA) is 136 Å². The van der Waals surface area contributed by atoms with Gasteiger partial charge in [0.2, 0.25) is 0 Å². The summed E-state index contributed by atoms with van der Waals surface area (Å²) in [5.74, 6) is -2.89. The molecule has 9 heteroatoms. The SMILES string of the molecule is CCC(CCCCCn1ccnc1[N+](=O)[O-])(C(=O)O)C(=O)O. The van der Waals surface area contributed by atoms with Gasteiger partial charge in [-0.1, -0.05) is 24.7 Å². The van der Waals surface area contributed by atoms with E-state index < -0.39 is 22.3 Å². The Hall–Kier alpha value is -2.45. The fourth-order valence-electron chi connectivity index (χ4n) is 2.32. The van der Waals surface area contributed by atoms with Crippen LogP contribution < -0.4 is 0 Å². The molecule has 0 atom stereocenters. The monoisotopic (exact) mass is 313 g/mol. The molecule has 22 heavy (non-hydrogen) atoms. The Balaban J connectivity index is 2.47. The minimum Gasteiger partial charge on any atom is -0.480 e. The van der Waals surface area contributed by atoms with Crippen LogP contribution in [0.25, 0.3) is 0 Å². The maximum atomic E-state index is 11.2. The van der Waals surface area contributed by atoms with Gasteiger partial charge in [0.25, 0.3) is 0 Å². The van der Waals surface area contributed by atoms with Gasteiger partial charge in [-0.25, -0.2) is 4.57 Å². The highest BCUT2D eigenvalue weighted by molar-refractivity contribution is 5.98. The van der Waals surface area contributed by atoms with Crippen LogP contribution in [0, 0.1) is 15.5 Å². The molecule has 2 N–H and O–H groups in total. The van der Waals surface area contributed by atoms with Crippen molar-refractivity contribution in [2.75, 3.05) is 0 Å². The first-order valence-corrected chi connectivity index (χ1v) is 6.97. The van der Waals surface area contributed by atoms with E-state index in [1.807, 2.05) is 0 Å². The van der Waals surface area contributed by atoms with Crippen LogP contribution >= 0.6 is 0 Å². The van der Waals surface area contributed by atoms with E-state index in [1.54, 1.807) is 0 Å². The molecule has 1 heterocycles. The third-order valence-corrected chi connectivity index (χ3v) is 3.78. The first-order valence-electron chi connectivity index (χ1n) is 6.97. The van der Waals surface area contributed by atoms with Crippen molar-refractivity contribution in [2.45, 2.75) is 45.6 Å². The van der Waals surface area contributed by atoms with Crippen molar-refractivity contribution in [2.24, 2.45) is 5.41 Å². The van der Waals surface area contributed by atoms with Crippen molar-refractivity contribution in [1.29, 1.82) is 0 Å². The number of nitrogens with zero attached hydrogens (tertiary/aromatic N) is 3. The third kappa shape index (κ3) is 3.80. The zero-order chi connectivity index (χ0) is 16.8. The maximum absolute atomic E-state index is 11.2. The van der Waals surface area contributed by atoms with Crippen LogP contribution in [-0.4, -0.2) is 36.6 Å². The summed E-state index contributed by atoms with van der Waals surface area (Å²) in [6.07, 6.45) is 4.49. The number of rotatable bonds is 10. The summed E-state index contributed by atoms with van der Waals surface area (Å²) in [5.41, 5.74) is -1.75. The lowest BCUT2D eigenvalue weighted by Crippen LogP contribution is -2.38. The summed E-state index contributed by atoms with van der Waals surface area (Å²) in [6, 6.07) is 0. The van der Waals surface area contributed by atoms with E-state index in [-0.39, 0.29) is 18.8 Å². The maximum Gasteiger partial charge on any atom is 0.434 e. The summed E-state index contributed by atoms with van der Waals surface area (Å²) >= 11 is 0. The Kier molecular flexibility index (Phi) is 6.02. The summed E-state index contributed by atoms with van der Waals surface area (Å²) in [7, 11) is 0. The van der Waals surface area contributed by atoms with Crippen molar-refractivity contribution in [3.8, 4) is 0 Å². The van der Waals surface area contributed by atoms with Gasteiger partial charge < -0.3 is 20.3 Å². The van der Waals surface area contributed by atoms with Crippen LogP contribution in [0.4, 0.5) is 5.95 Å². The molecule has 0 aromatic carbocycles. The molecule has 0 fully saturated rings. The number of hydrogen-bond acceptors (Lipinski definition) is 5. The highest BCUT2D eigenvalue weighted by atomic mass is 16.6. The Morgan fingerprint density at radius 1 is 1.32 bits per heavy atom. The highest BCUT2D eigenvalue weighted by Gasteiger charge is 2.44. The van der Waals surface area contributed by atoms with Gasteiger partial charge in [-0.2, -0.15) is 0 Å². The van der Waals surface area contributed by atoms with E-state index >= 15 is 0 Å². The van der Waals surface area contributed by atoms with Gasteiger partial charge in [-0.15, -0.1) is 0 Å². The standard InChI is InChI=1S/C13H19N3O6/c1-2-13(10(17)18,11(19)20)6-4-3-5-8-15-9-7-14-12(15)16(21)22/h7,9H,2-6,8H2,1H3,(H,17,18)(H,19,20). The highest BCUT2D eigenvalue weighted by Crippen LogP contribution is 2.30. The number of aromatic nitrogens is 2. The summed E-state index contributed by atoms with van der Waals surface area (Å²) < 4.78 is 1.40. The number of nitro groups is 1. The lowest BCUT2D eigenvalue weighted by atomic mass is 9.80. The molecule has 1 rings (SSSR count). The fraction of sp³-hybridized carbons (Fsp3) is 0.615. The van der Waals surface area contributed by atoms with Crippen LogP contribution in [0.5, 0.6) is 0 Å². The second-order valence-corrected chi connectivity index (χ2v) is 5.03. The van der Waals surface area contributed by atoms with E-state index in [0.717, 1.165) is 0 Å². The van der Waals surface area contributed by atoms with Gasteiger partial charge in [0.15, 0.2) is 5.41 Å². The first-order chi connectivity index (χ1) is 10.3. The number of aryl methyl sites for hydroxylation is 1. The van der Waals surface area contributed by atoms with Crippen molar-refractivity contribution in [3.63, 3.8) is 0 Å². The van der Waals surface area contributed by atoms with E-state index in [1.165, 1.54) is 23.9 Å². The second kappa shape index (κ2) is 7.53. The number of carboxylic acid groups (broad SMARTS) is 2. The second-order valence-electron chi connectivity index (χ2n) is 5.03. The van der Waals surface area contributed by atoms with Crippen LogP contribution in [0.15, 0.2) is 12.4 Å². The number of carbonyl (C=O) groups is 2. The quantitative estimate of drug-likeness (QED) is 0.291. The lowest BCUT2D eigenvalue weighted by Gasteiger charge is -2.22. The van der Waals surface area contributed by atoms with Crippen LogP contribution in [0.1, 0.15) is 39.0 Å². The molecule has 0 unspecified atom stereocenters. The van der Waals surface area contributed by atoms with Crippen molar-refractivity contribution < 1.29 is 24.7 Å². The zero-order valence-corrected chi connectivity index (χ0v) is 12.3. The summed E-state index contributed by atoms with van der Waals surface area (Å²) in [4.78, 5) is 36.1. The molecule has 0 aliphatic rings. The molecule has 0 saturated heterocycles. The Bertz CT molecular complexity index is 540. The lowest BCUT2D eigenvalue weighted by molar-refractivity contribution is -0.396. The minimum atomic E-state index is -1.75. The molecule has 0 bridgehead atoms. The largest absolute Gasteiger partial charge is 0.480 e. The number of hydrogen-bond donors (Lipinski definition) is 2. The van der Waals surface area contributed by atoms with Crippen LogP contribution in [-0.2, 0) is 16.1 Å². The molecule has 9 nitrogen and oxygen atoms in total. The molecule has 0 aliphatic carbocycles. The van der Waals surface area contributed by atoms with Crippen LogP contribution in [0.2, 0.25) is 0 Å². The van der Waals surface area contributed by atoms with E-state index in [9.17, 15) is 19.7 Å². The molecule has 1 aromatic rings. The molecular formula is C13H19N3O6. The molecule has 0 saturated carbocycles. The van der Waals surface area contributed by atoms with Crippen LogP contribution in [0.3, 0.4) is 0 Å². The van der Waals surface area contributed by atoms with Crippen molar-refractivity contribution in [3.05, 3.63) is 22.5 Å². The number of unbranched alkanes of at least 4 members (excludes halogenated alkanes) is 2. The molecule has 0 aliphatic heterocycles. The van der Waals surface area contributed by atoms with E-state index in [0.29, 0.717) is 25.8 Å². The van der Waals surface area contributed by atoms with Gasteiger partial charge >= 0.3 is 17.9 Å². The van der Waals surface area contributed by atoms with Gasteiger partial charge in [-0.05, 0) is 24.2 Å². The fourth-order valence-corrected chi connectivity index (χ4v) is 2.32. The zero-order valence-electron chi connectivity index (χ0n) is 12.3. The average molecular weight is 313 g/mol. The first kappa shape index (κ1) is 17.6. The third-order valence-electron chi connectivity index (χ3n) is 3.78. The summed E-state index contributed by atoms with van der Waals surface area (Å²) in [5, 5.41) is 28.9. The number of aliphatic carboxylic acids is 2. The smallest absolute Gasteiger partial charge is 0.434 e.